The van der Waals surface area contributed by atoms with Crippen molar-refractivity contribution in [2.24, 2.45) is 7.05 Å². The molecular formula is C21H24N8O3. The van der Waals surface area contributed by atoms with Gasteiger partial charge in [-0.3, -0.25) is 9.58 Å². The highest BCUT2D eigenvalue weighted by molar-refractivity contribution is 5.86. The van der Waals surface area contributed by atoms with Gasteiger partial charge in [0.25, 0.3) is 0 Å². The summed E-state index contributed by atoms with van der Waals surface area (Å²) in [5, 5.41) is 9.30. The lowest BCUT2D eigenvalue weighted by Gasteiger charge is -2.34. The topological polar surface area (TPSA) is 107 Å². The number of nitrogens with zero attached hydrogens (tertiary/aromatic N) is 8. The third-order valence-electron chi connectivity index (χ3n) is 5.48. The zero-order chi connectivity index (χ0) is 21.9. The van der Waals surface area contributed by atoms with E-state index in [4.69, 9.17) is 14.0 Å². The molecule has 1 aliphatic heterocycles. The fourth-order valence-corrected chi connectivity index (χ4v) is 3.74. The second-order valence-electron chi connectivity index (χ2n) is 7.53. The van der Waals surface area contributed by atoms with Crippen LogP contribution in [0.2, 0.25) is 0 Å². The minimum absolute atomic E-state index is 0.248. The van der Waals surface area contributed by atoms with Crippen LogP contribution in [0.5, 0.6) is 11.5 Å². The van der Waals surface area contributed by atoms with Crippen LogP contribution < -0.4 is 14.4 Å². The number of methoxy groups -OCH3 is 1. The van der Waals surface area contributed by atoms with E-state index >= 15 is 0 Å². The van der Waals surface area contributed by atoms with E-state index in [1.54, 1.807) is 18.1 Å². The summed E-state index contributed by atoms with van der Waals surface area (Å²) in [4.78, 5) is 17.8. The maximum Gasteiger partial charge on any atom is 0.240 e. The van der Waals surface area contributed by atoms with Crippen LogP contribution >= 0.6 is 0 Å². The van der Waals surface area contributed by atoms with Crippen molar-refractivity contribution in [3.63, 3.8) is 0 Å². The molecule has 0 unspecified atom stereocenters. The summed E-state index contributed by atoms with van der Waals surface area (Å²) in [6.07, 6.45) is 3.42. The Hall–Kier alpha value is -3.73. The molecule has 1 saturated heterocycles. The van der Waals surface area contributed by atoms with Crippen LogP contribution in [0.15, 0.2) is 41.3 Å². The zero-order valence-electron chi connectivity index (χ0n) is 18.0. The molecule has 0 radical (unpaired) electrons. The van der Waals surface area contributed by atoms with Gasteiger partial charge in [0, 0.05) is 33.2 Å². The van der Waals surface area contributed by atoms with Gasteiger partial charge in [0.05, 0.1) is 25.2 Å². The number of aromatic nitrogens is 6. The van der Waals surface area contributed by atoms with Gasteiger partial charge in [-0.2, -0.15) is 10.1 Å². The molecule has 11 nitrogen and oxygen atoms in total. The minimum atomic E-state index is 0.248. The van der Waals surface area contributed by atoms with Gasteiger partial charge in [0.1, 0.15) is 23.6 Å². The van der Waals surface area contributed by atoms with Crippen molar-refractivity contribution in [2.75, 3.05) is 38.2 Å². The van der Waals surface area contributed by atoms with E-state index in [1.807, 2.05) is 37.5 Å². The second-order valence-corrected chi connectivity index (χ2v) is 7.53. The molecule has 0 atom stereocenters. The second kappa shape index (κ2) is 8.79. The van der Waals surface area contributed by atoms with Crippen molar-refractivity contribution in [1.29, 1.82) is 0 Å². The predicted molar refractivity (Wildman–Crippen MR) is 115 cm³/mol. The van der Waals surface area contributed by atoms with Crippen LogP contribution in [0.3, 0.4) is 0 Å². The number of rotatable bonds is 7. The Morgan fingerprint density at radius 2 is 1.81 bits per heavy atom. The third kappa shape index (κ3) is 4.19. The van der Waals surface area contributed by atoms with Gasteiger partial charge in [0.15, 0.2) is 12.3 Å². The number of fused-ring (bicyclic) bond motifs is 1. The van der Waals surface area contributed by atoms with E-state index in [-0.39, 0.29) is 6.61 Å². The van der Waals surface area contributed by atoms with Crippen molar-refractivity contribution < 1.29 is 14.0 Å². The summed E-state index contributed by atoms with van der Waals surface area (Å²) in [7, 11) is 3.52. The Kier molecular flexibility index (Phi) is 5.55. The number of hydrogen-bond acceptors (Lipinski definition) is 10. The van der Waals surface area contributed by atoms with E-state index in [0.717, 1.165) is 54.5 Å². The molecule has 0 spiro atoms. The number of anilines is 1. The molecular weight excluding hydrogens is 412 g/mol. The van der Waals surface area contributed by atoms with Gasteiger partial charge < -0.3 is 18.9 Å². The average Bonchev–Trinajstić information content (AvgIpc) is 3.45. The van der Waals surface area contributed by atoms with Crippen molar-refractivity contribution in [3.8, 4) is 11.5 Å². The van der Waals surface area contributed by atoms with Crippen LogP contribution in [-0.2, 0) is 20.2 Å². The Labute approximate surface area is 184 Å². The standard InChI is InChI=1S/C21H24N8O3/c1-27-20-17(11-24-27)21(23-14-22-20)29-9-7-28(8-10-29)12-19-25-18(26-32-19)13-31-16-5-3-15(30-2)4-6-16/h3-6,11,14H,7-10,12-13H2,1-2H3. The Balaban J connectivity index is 1.14. The van der Waals surface area contributed by atoms with Crippen molar-refractivity contribution in [2.45, 2.75) is 13.2 Å². The first kappa shape index (κ1) is 20.2. The Bertz CT molecular complexity index is 1180. The number of benzene rings is 1. The number of ether oxygens (including phenoxy) is 2. The van der Waals surface area contributed by atoms with Crippen LogP contribution in [0.1, 0.15) is 11.7 Å². The van der Waals surface area contributed by atoms with E-state index in [2.05, 4.69) is 35.0 Å². The zero-order valence-corrected chi connectivity index (χ0v) is 18.0. The van der Waals surface area contributed by atoms with Crippen molar-refractivity contribution >= 4 is 16.9 Å². The van der Waals surface area contributed by atoms with E-state index in [9.17, 15) is 0 Å². The van der Waals surface area contributed by atoms with Gasteiger partial charge in [-0.1, -0.05) is 5.16 Å². The SMILES string of the molecule is COc1ccc(OCc2noc(CN3CCN(c4ncnc5c4cnn5C)CC3)n2)cc1. The highest BCUT2D eigenvalue weighted by Crippen LogP contribution is 2.23. The number of piperazine rings is 1. The summed E-state index contributed by atoms with van der Waals surface area (Å²) in [6, 6.07) is 7.38. The van der Waals surface area contributed by atoms with Crippen LogP contribution in [0.25, 0.3) is 11.0 Å². The molecule has 4 aromatic rings. The summed E-state index contributed by atoms with van der Waals surface area (Å²) >= 11 is 0. The predicted octanol–water partition coefficient (Wildman–Crippen LogP) is 1.66. The molecule has 0 bridgehead atoms. The fourth-order valence-electron chi connectivity index (χ4n) is 3.74. The van der Waals surface area contributed by atoms with Crippen LogP contribution in [-0.4, -0.2) is 68.1 Å². The largest absolute Gasteiger partial charge is 0.497 e. The van der Waals surface area contributed by atoms with Gasteiger partial charge in [-0.25, -0.2) is 9.97 Å². The molecule has 0 amide bonds. The molecule has 0 N–H and O–H groups in total. The molecule has 4 heterocycles. The molecule has 0 aliphatic carbocycles. The number of hydrogen-bond donors (Lipinski definition) is 0. The molecule has 32 heavy (non-hydrogen) atoms. The monoisotopic (exact) mass is 436 g/mol. The smallest absolute Gasteiger partial charge is 0.240 e. The molecule has 1 aliphatic rings. The Morgan fingerprint density at radius 3 is 2.59 bits per heavy atom. The van der Waals surface area contributed by atoms with Crippen molar-refractivity contribution in [3.05, 3.63) is 48.5 Å². The summed E-state index contributed by atoms with van der Waals surface area (Å²) in [6.45, 7) is 4.29. The summed E-state index contributed by atoms with van der Waals surface area (Å²) in [5.74, 6) is 3.54. The summed E-state index contributed by atoms with van der Waals surface area (Å²) < 4.78 is 18.0. The quantitative estimate of drug-likeness (QED) is 0.424. The molecule has 3 aromatic heterocycles. The van der Waals surface area contributed by atoms with Gasteiger partial charge in [0.2, 0.25) is 11.7 Å². The minimum Gasteiger partial charge on any atom is -0.497 e. The van der Waals surface area contributed by atoms with Gasteiger partial charge >= 0.3 is 0 Å². The van der Waals surface area contributed by atoms with Gasteiger partial charge in [-0.15, -0.1) is 0 Å². The molecule has 11 heteroatoms. The summed E-state index contributed by atoms with van der Waals surface area (Å²) in [5.41, 5.74) is 0.840. The molecule has 0 saturated carbocycles. The lowest BCUT2D eigenvalue weighted by atomic mass is 10.3. The van der Waals surface area contributed by atoms with Gasteiger partial charge in [-0.05, 0) is 24.3 Å². The van der Waals surface area contributed by atoms with E-state index in [1.165, 1.54) is 0 Å². The molecule has 5 rings (SSSR count). The lowest BCUT2D eigenvalue weighted by Crippen LogP contribution is -2.46. The number of aryl methyl sites for hydroxylation is 1. The normalized spacial score (nSPS) is 14.8. The Morgan fingerprint density at radius 1 is 1.03 bits per heavy atom. The average molecular weight is 436 g/mol. The maximum absolute atomic E-state index is 5.72. The van der Waals surface area contributed by atoms with E-state index < -0.39 is 0 Å². The first-order valence-corrected chi connectivity index (χ1v) is 10.4. The highest BCUT2D eigenvalue weighted by atomic mass is 16.5. The maximum atomic E-state index is 5.72. The molecule has 166 valence electrons. The first-order valence-electron chi connectivity index (χ1n) is 10.4. The third-order valence-corrected chi connectivity index (χ3v) is 5.48. The fraction of sp³-hybridized carbons (Fsp3) is 0.381. The van der Waals surface area contributed by atoms with E-state index in [0.29, 0.717) is 18.3 Å². The highest BCUT2D eigenvalue weighted by Gasteiger charge is 2.22. The van der Waals surface area contributed by atoms with Crippen LogP contribution in [0, 0.1) is 0 Å². The van der Waals surface area contributed by atoms with Crippen LogP contribution in [0.4, 0.5) is 5.82 Å². The first-order chi connectivity index (χ1) is 15.7. The molecule has 1 aromatic carbocycles. The molecule has 1 fully saturated rings. The lowest BCUT2D eigenvalue weighted by molar-refractivity contribution is 0.214. The van der Waals surface area contributed by atoms with Crippen molar-refractivity contribution in [1.82, 2.24) is 34.8 Å².